The van der Waals surface area contributed by atoms with Crippen molar-refractivity contribution < 1.29 is 5.11 Å². The molecule has 1 N–H and O–H groups in total. The molecule has 0 spiro atoms. The van der Waals surface area contributed by atoms with Gasteiger partial charge >= 0.3 is 0 Å². The van der Waals surface area contributed by atoms with Gasteiger partial charge in [0, 0.05) is 15.4 Å². The van der Waals surface area contributed by atoms with Crippen molar-refractivity contribution in [1.82, 2.24) is 9.55 Å². The number of fused-ring (bicyclic) bond motifs is 5. The van der Waals surface area contributed by atoms with Crippen LogP contribution in [-0.2, 0) is 0 Å². The Balaban J connectivity index is 2.20. The fourth-order valence-corrected chi connectivity index (χ4v) is 3.53. The number of benzene rings is 2. The van der Waals surface area contributed by atoms with Gasteiger partial charge in [0.05, 0.1) is 11.8 Å². The number of hydrogen-bond acceptors (Lipinski definition) is 4. The first kappa shape index (κ1) is 12.2. The number of nitrogens with zero attached hydrogens (tertiary/aromatic N) is 2. The van der Waals surface area contributed by atoms with Crippen LogP contribution in [0.5, 0.6) is 5.88 Å². The molecule has 5 heteroatoms. The lowest BCUT2D eigenvalue weighted by Crippen LogP contribution is -2.20. The zero-order chi connectivity index (χ0) is 14.4. The first-order valence-corrected chi connectivity index (χ1v) is 7.25. The summed E-state index contributed by atoms with van der Waals surface area (Å²) in [4.78, 5) is 18.5. The highest BCUT2D eigenvalue weighted by Crippen LogP contribution is 2.41. The lowest BCUT2D eigenvalue weighted by molar-refractivity contribution is 0.450. The third kappa shape index (κ3) is 1.86. The zero-order valence-corrected chi connectivity index (χ0v) is 11.7. The van der Waals surface area contributed by atoms with Gasteiger partial charge in [-0.15, -0.1) is 0 Å². The average molecular weight is 294 g/mol. The van der Waals surface area contributed by atoms with Gasteiger partial charge in [0.15, 0.2) is 5.82 Å². The van der Waals surface area contributed by atoms with Gasteiger partial charge in [-0.3, -0.25) is 9.36 Å². The second-order valence-electron chi connectivity index (χ2n) is 4.68. The summed E-state index contributed by atoms with van der Waals surface area (Å²) in [6.07, 6.45) is 0. The first-order valence-electron chi connectivity index (χ1n) is 6.44. The Morgan fingerprint density at radius 3 is 2.57 bits per heavy atom. The highest BCUT2D eigenvalue weighted by molar-refractivity contribution is 7.99. The molecule has 1 aliphatic heterocycles. The molecule has 0 radical (unpaired) electrons. The van der Waals surface area contributed by atoms with E-state index in [4.69, 9.17) is 0 Å². The van der Waals surface area contributed by atoms with Crippen LogP contribution in [0.1, 0.15) is 0 Å². The summed E-state index contributed by atoms with van der Waals surface area (Å²) in [5, 5.41) is 9.70. The third-order valence-electron chi connectivity index (χ3n) is 3.36. The molecule has 1 aliphatic rings. The smallest absolute Gasteiger partial charge is 0.262 e. The Morgan fingerprint density at radius 2 is 1.71 bits per heavy atom. The van der Waals surface area contributed by atoms with Crippen LogP contribution in [0.2, 0.25) is 0 Å². The average Bonchev–Trinajstić information content (AvgIpc) is 2.61. The van der Waals surface area contributed by atoms with Crippen LogP contribution in [-0.4, -0.2) is 14.7 Å². The number of rotatable bonds is 0. The Labute approximate surface area is 124 Å². The number of aromatic nitrogens is 2. The minimum Gasteiger partial charge on any atom is -0.493 e. The molecule has 0 unspecified atom stereocenters. The molecule has 0 atom stereocenters. The van der Waals surface area contributed by atoms with Gasteiger partial charge < -0.3 is 5.11 Å². The summed E-state index contributed by atoms with van der Waals surface area (Å²) in [5.41, 5.74) is 1.33. The first-order chi connectivity index (χ1) is 10.2. The summed E-state index contributed by atoms with van der Waals surface area (Å²) in [7, 11) is 0. The fraction of sp³-hybridized carbons (Fsp3) is 0. The Morgan fingerprint density at radius 1 is 1.00 bits per heavy atom. The van der Waals surface area contributed by atoms with Gasteiger partial charge in [0.2, 0.25) is 5.88 Å². The summed E-state index contributed by atoms with van der Waals surface area (Å²) in [6, 6.07) is 16.6. The van der Waals surface area contributed by atoms with Crippen LogP contribution in [0.3, 0.4) is 0 Å². The molecule has 2 aromatic carbocycles. The Kier molecular flexibility index (Phi) is 2.62. The van der Waals surface area contributed by atoms with Crippen molar-refractivity contribution in [3.63, 3.8) is 0 Å². The topological polar surface area (TPSA) is 55.1 Å². The van der Waals surface area contributed by atoms with Crippen LogP contribution in [0.25, 0.3) is 17.1 Å². The monoisotopic (exact) mass is 294 g/mol. The standard InChI is InChI=1S/C16H10N2O2S/c19-14-9-15(20)18-11-6-2-4-8-13(11)21-12-7-3-1-5-10(12)16(18)17-14/h1-9,19H. The minimum absolute atomic E-state index is 0.259. The molecule has 3 aromatic rings. The van der Waals surface area contributed by atoms with E-state index in [2.05, 4.69) is 4.98 Å². The molecular formula is C16H10N2O2S. The van der Waals surface area contributed by atoms with Crippen molar-refractivity contribution in [3.8, 4) is 23.0 Å². The molecule has 21 heavy (non-hydrogen) atoms. The maximum Gasteiger partial charge on any atom is 0.262 e. The second-order valence-corrected chi connectivity index (χ2v) is 5.76. The molecule has 4 nitrogen and oxygen atoms in total. The molecular weight excluding hydrogens is 284 g/mol. The lowest BCUT2D eigenvalue weighted by Gasteiger charge is -2.11. The molecule has 0 fully saturated rings. The SMILES string of the molecule is O=c1cc(O)nc2n1-c1ccccc1Sc1ccccc1-2. The van der Waals surface area contributed by atoms with Crippen LogP contribution in [0.15, 0.2) is 69.2 Å². The molecule has 102 valence electrons. The number of hydrogen-bond donors (Lipinski definition) is 1. The predicted octanol–water partition coefficient (Wildman–Crippen LogP) is 3.07. The van der Waals surface area contributed by atoms with Gasteiger partial charge in [0.25, 0.3) is 5.56 Å². The Hall–Kier alpha value is -2.53. The van der Waals surface area contributed by atoms with E-state index in [-0.39, 0.29) is 11.4 Å². The Bertz CT molecular complexity index is 918. The zero-order valence-electron chi connectivity index (χ0n) is 10.9. The quantitative estimate of drug-likeness (QED) is 0.541. The van der Waals surface area contributed by atoms with Crippen LogP contribution in [0, 0.1) is 0 Å². The molecule has 0 aliphatic carbocycles. The van der Waals surface area contributed by atoms with E-state index in [0.717, 1.165) is 27.1 Å². The van der Waals surface area contributed by atoms with Crippen LogP contribution in [0.4, 0.5) is 0 Å². The summed E-state index contributed by atoms with van der Waals surface area (Å²) < 4.78 is 1.55. The van der Waals surface area contributed by atoms with Crippen molar-refractivity contribution in [2.45, 2.75) is 9.79 Å². The van der Waals surface area contributed by atoms with Crippen molar-refractivity contribution in [1.29, 1.82) is 0 Å². The fourth-order valence-electron chi connectivity index (χ4n) is 2.47. The van der Waals surface area contributed by atoms with Crippen LogP contribution < -0.4 is 5.56 Å². The van der Waals surface area contributed by atoms with Crippen molar-refractivity contribution in [2.75, 3.05) is 0 Å². The molecule has 1 aromatic heterocycles. The maximum atomic E-state index is 12.4. The van der Waals surface area contributed by atoms with E-state index in [0.29, 0.717) is 5.82 Å². The van der Waals surface area contributed by atoms with Gasteiger partial charge in [-0.25, -0.2) is 0 Å². The highest BCUT2D eigenvalue weighted by Gasteiger charge is 2.21. The number of aromatic hydroxyl groups is 1. The summed E-state index contributed by atoms with van der Waals surface area (Å²) in [5.74, 6) is 0.207. The highest BCUT2D eigenvalue weighted by atomic mass is 32.2. The van der Waals surface area contributed by atoms with Gasteiger partial charge in [-0.2, -0.15) is 4.98 Å². The molecule has 0 saturated carbocycles. The van der Waals surface area contributed by atoms with Crippen LogP contribution >= 0.6 is 11.8 Å². The second kappa shape index (κ2) is 4.49. The van der Waals surface area contributed by atoms with Gasteiger partial charge in [-0.05, 0) is 18.2 Å². The normalized spacial score (nSPS) is 12.0. The van der Waals surface area contributed by atoms with E-state index >= 15 is 0 Å². The molecule has 0 amide bonds. The largest absolute Gasteiger partial charge is 0.493 e. The van der Waals surface area contributed by atoms with Crippen molar-refractivity contribution in [2.24, 2.45) is 0 Å². The predicted molar refractivity (Wildman–Crippen MR) is 81.1 cm³/mol. The molecule has 0 saturated heterocycles. The van der Waals surface area contributed by atoms with E-state index in [1.807, 2.05) is 48.5 Å². The summed E-state index contributed by atoms with van der Waals surface area (Å²) in [6.45, 7) is 0. The summed E-state index contributed by atoms with van der Waals surface area (Å²) >= 11 is 1.59. The molecule has 4 rings (SSSR count). The van der Waals surface area contributed by atoms with E-state index < -0.39 is 0 Å². The van der Waals surface area contributed by atoms with E-state index in [9.17, 15) is 9.90 Å². The molecule has 2 heterocycles. The van der Waals surface area contributed by atoms with Gasteiger partial charge in [-0.1, -0.05) is 42.1 Å². The van der Waals surface area contributed by atoms with Crippen molar-refractivity contribution in [3.05, 3.63) is 65.0 Å². The maximum absolute atomic E-state index is 12.4. The van der Waals surface area contributed by atoms with E-state index in [1.165, 1.54) is 0 Å². The van der Waals surface area contributed by atoms with Gasteiger partial charge in [0.1, 0.15) is 0 Å². The van der Waals surface area contributed by atoms with E-state index in [1.54, 1.807) is 16.3 Å². The van der Waals surface area contributed by atoms with Crippen molar-refractivity contribution >= 4 is 11.8 Å². The third-order valence-corrected chi connectivity index (χ3v) is 4.50. The minimum atomic E-state index is -0.290. The number of para-hydroxylation sites is 1. The molecule has 0 bridgehead atoms. The lowest BCUT2D eigenvalue weighted by atomic mass is 10.2.